The monoisotopic (exact) mass is 387 g/mol. The van der Waals surface area contributed by atoms with Gasteiger partial charge >= 0.3 is 12.1 Å². The highest BCUT2D eigenvalue weighted by Gasteiger charge is 2.38. The van der Waals surface area contributed by atoms with Gasteiger partial charge in [0.15, 0.2) is 0 Å². The third-order valence-electron chi connectivity index (χ3n) is 3.92. The van der Waals surface area contributed by atoms with Crippen LogP contribution in [0.2, 0.25) is 0 Å². The van der Waals surface area contributed by atoms with Gasteiger partial charge in [0.1, 0.15) is 6.54 Å². The van der Waals surface area contributed by atoms with Gasteiger partial charge < -0.3 is 14.4 Å². The molecular formula is C18H12F3N5O2. The number of imidazole rings is 1. The van der Waals surface area contributed by atoms with Crippen molar-refractivity contribution in [2.45, 2.75) is 12.7 Å². The number of anilines is 1. The van der Waals surface area contributed by atoms with Crippen LogP contribution in [0.1, 0.15) is 5.89 Å². The summed E-state index contributed by atoms with van der Waals surface area (Å²) >= 11 is 0. The van der Waals surface area contributed by atoms with E-state index in [0.29, 0.717) is 22.3 Å². The van der Waals surface area contributed by atoms with Gasteiger partial charge in [-0.05, 0) is 30.3 Å². The molecule has 2 aromatic heterocycles. The predicted octanol–water partition coefficient (Wildman–Crippen LogP) is 3.74. The van der Waals surface area contributed by atoms with Crippen LogP contribution in [0.4, 0.5) is 18.9 Å². The van der Waals surface area contributed by atoms with E-state index in [1.807, 2.05) is 6.07 Å². The molecular weight excluding hydrogens is 375 g/mol. The van der Waals surface area contributed by atoms with Crippen molar-refractivity contribution in [2.75, 3.05) is 5.32 Å². The lowest BCUT2D eigenvalue weighted by Crippen LogP contribution is -2.18. The zero-order valence-electron chi connectivity index (χ0n) is 14.1. The molecule has 1 N–H and O–H groups in total. The lowest BCUT2D eigenvalue weighted by molar-refractivity contribution is -0.159. The van der Waals surface area contributed by atoms with Gasteiger partial charge in [0.25, 0.3) is 0 Å². The number of nitrogens with zero attached hydrogens (tertiary/aromatic N) is 4. The third-order valence-corrected chi connectivity index (χ3v) is 3.92. The van der Waals surface area contributed by atoms with Crippen LogP contribution >= 0.6 is 0 Å². The Morgan fingerprint density at radius 3 is 2.64 bits per heavy atom. The number of hydrogen-bond acceptors (Lipinski definition) is 5. The van der Waals surface area contributed by atoms with Crippen molar-refractivity contribution in [2.24, 2.45) is 0 Å². The Labute approximate surface area is 155 Å². The summed E-state index contributed by atoms with van der Waals surface area (Å²) in [6.45, 7) is -0.0190. The molecule has 0 radical (unpaired) electrons. The summed E-state index contributed by atoms with van der Waals surface area (Å²) < 4.78 is 43.8. The van der Waals surface area contributed by atoms with Gasteiger partial charge in [-0.25, -0.2) is 4.98 Å². The number of alkyl halides is 3. The summed E-state index contributed by atoms with van der Waals surface area (Å²) in [4.78, 5) is 19.8. The molecule has 4 rings (SSSR count). The topological polar surface area (TPSA) is 85.8 Å². The van der Waals surface area contributed by atoms with E-state index in [1.54, 1.807) is 41.0 Å². The van der Waals surface area contributed by atoms with Crippen LogP contribution in [0.15, 0.2) is 59.4 Å². The Kier molecular flexibility index (Phi) is 4.30. The van der Waals surface area contributed by atoms with Crippen molar-refractivity contribution in [3.8, 4) is 11.4 Å². The number of carbonyl (C=O) groups is 1. The standard InChI is InChI=1S/C18H12F3N5O2/c19-18(20,21)17-24-16(25-28-17)11-6-7-13-14(8-11)26(10-22-13)9-15(27)23-12-4-2-1-3-5-12/h1-8,10H,9H2,(H,23,27). The molecule has 0 aliphatic heterocycles. The van der Waals surface area contributed by atoms with Gasteiger partial charge in [-0.15, -0.1) is 0 Å². The largest absolute Gasteiger partial charge is 0.471 e. The fraction of sp³-hybridized carbons (Fsp3) is 0.111. The highest BCUT2D eigenvalue weighted by atomic mass is 19.4. The van der Waals surface area contributed by atoms with Crippen LogP contribution in [-0.4, -0.2) is 25.6 Å². The number of carbonyl (C=O) groups excluding carboxylic acids is 1. The first kappa shape index (κ1) is 17.7. The molecule has 1 amide bonds. The van der Waals surface area contributed by atoms with E-state index in [4.69, 9.17) is 0 Å². The molecule has 0 aliphatic rings. The van der Waals surface area contributed by atoms with E-state index in [9.17, 15) is 18.0 Å². The Morgan fingerprint density at radius 2 is 1.93 bits per heavy atom. The quantitative estimate of drug-likeness (QED) is 0.577. The maximum absolute atomic E-state index is 12.7. The zero-order valence-corrected chi connectivity index (χ0v) is 14.1. The molecule has 142 valence electrons. The van der Waals surface area contributed by atoms with E-state index in [-0.39, 0.29) is 18.3 Å². The van der Waals surface area contributed by atoms with Crippen LogP contribution < -0.4 is 5.32 Å². The molecule has 2 heterocycles. The number of para-hydroxylation sites is 1. The van der Waals surface area contributed by atoms with Gasteiger partial charge in [0, 0.05) is 11.3 Å². The Morgan fingerprint density at radius 1 is 1.14 bits per heavy atom. The van der Waals surface area contributed by atoms with Crippen molar-refractivity contribution >= 4 is 22.6 Å². The summed E-state index contributed by atoms with van der Waals surface area (Å²) in [6.07, 6.45) is -3.23. The van der Waals surface area contributed by atoms with E-state index in [1.165, 1.54) is 12.4 Å². The van der Waals surface area contributed by atoms with E-state index in [2.05, 4.69) is 25.0 Å². The second-order valence-electron chi connectivity index (χ2n) is 5.91. The predicted molar refractivity (Wildman–Crippen MR) is 93.1 cm³/mol. The minimum absolute atomic E-state index is 0.0190. The molecule has 0 aliphatic carbocycles. The van der Waals surface area contributed by atoms with E-state index >= 15 is 0 Å². The third kappa shape index (κ3) is 3.56. The molecule has 0 atom stereocenters. The van der Waals surface area contributed by atoms with Crippen LogP contribution in [0.5, 0.6) is 0 Å². The molecule has 4 aromatic rings. The Balaban J connectivity index is 1.59. The summed E-state index contributed by atoms with van der Waals surface area (Å²) in [5.41, 5.74) is 2.11. The molecule has 0 unspecified atom stereocenters. The fourth-order valence-corrected chi connectivity index (χ4v) is 2.65. The average molecular weight is 387 g/mol. The number of amides is 1. The smallest absolute Gasteiger partial charge is 0.329 e. The van der Waals surface area contributed by atoms with Gasteiger partial charge in [0.05, 0.1) is 17.4 Å². The van der Waals surface area contributed by atoms with Crippen LogP contribution in [0.25, 0.3) is 22.4 Å². The number of rotatable bonds is 4. The zero-order chi connectivity index (χ0) is 19.7. The van der Waals surface area contributed by atoms with Gasteiger partial charge in [-0.1, -0.05) is 23.4 Å². The van der Waals surface area contributed by atoms with Crippen molar-refractivity contribution < 1.29 is 22.5 Å². The lowest BCUT2D eigenvalue weighted by atomic mass is 10.2. The van der Waals surface area contributed by atoms with Crippen LogP contribution in [0, 0.1) is 0 Å². The molecule has 2 aromatic carbocycles. The second kappa shape index (κ2) is 6.80. The number of hydrogen-bond donors (Lipinski definition) is 1. The molecule has 10 heteroatoms. The average Bonchev–Trinajstić information content (AvgIpc) is 3.30. The number of benzene rings is 2. The fourth-order valence-electron chi connectivity index (χ4n) is 2.65. The molecule has 0 spiro atoms. The van der Waals surface area contributed by atoms with Crippen molar-refractivity contribution in [1.29, 1.82) is 0 Å². The first-order valence-electron chi connectivity index (χ1n) is 8.11. The number of halogens is 3. The Bertz CT molecular complexity index is 1140. The minimum Gasteiger partial charge on any atom is -0.329 e. The van der Waals surface area contributed by atoms with Crippen molar-refractivity contribution in [1.82, 2.24) is 19.7 Å². The summed E-state index contributed by atoms with van der Waals surface area (Å²) in [7, 11) is 0. The van der Waals surface area contributed by atoms with Gasteiger partial charge in [-0.3, -0.25) is 4.79 Å². The number of fused-ring (bicyclic) bond motifs is 1. The molecule has 7 nitrogen and oxygen atoms in total. The molecule has 28 heavy (non-hydrogen) atoms. The van der Waals surface area contributed by atoms with E-state index < -0.39 is 12.1 Å². The van der Waals surface area contributed by atoms with E-state index in [0.717, 1.165) is 0 Å². The SMILES string of the molecule is O=C(Cn1cnc2ccc(-c3noc(C(F)(F)F)n3)cc21)Nc1ccccc1. The van der Waals surface area contributed by atoms with Crippen molar-refractivity contribution in [3.63, 3.8) is 0 Å². The van der Waals surface area contributed by atoms with Gasteiger partial charge in [0.2, 0.25) is 11.7 Å². The highest BCUT2D eigenvalue weighted by molar-refractivity contribution is 5.91. The summed E-state index contributed by atoms with van der Waals surface area (Å²) in [5.74, 6) is -1.89. The first-order valence-corrected chi connectivity index (χ1v) is 8.11. The summed E-state index contributed by atoms with van der Waals surface area (Å²) in [6, 6.07) is 13.7. The lowest BCUT2D eigenvalue weighted by Gasteiger charge is -2.07. The number of nitrogens with one attached hydrogen (secondary N) is 1. The highest BCUT2D eigenvalue weighted by Crippen LogP contribution is 2.30. The number of aromatic nitrogens is 4. The molecule has 0 fully saturated rings. The van der Waals surface area contributed by atoms with Gasteiger partial charge in [-0.2, -0.15) is 18.2 Å². The molecule has 0 saturated heterocycles. The molecule has 0 saturated carbocycles. The van der Waals surface area contributed by atoms with Crippen molar-refractivity contribution in [3.05, 3.63) is 60.7 Å². The first-order chi connectivity index (χ1) is 13.4. The van der Waals surface area contributed by atoms with Crippen LogP contribution in [0.3, 0.4) is 0 Å². The van der Waals surface area contributed by atoms with Crippen LogP contribution in [-0.2, 0) is 17.5 Å². The maximum Gasteiger partial charge on any atom is 0.471 e. The molecule has 0 bridgehead atoms. The summed E-state index contributed by atoms with van der Waals surface area (Å²) in [5, 5.41) is 6.13. The Hall–Kier alpha value is -3.69. The minimum atomic E-state index is -4.72. The maximum atomic E-state index is 12.7. The normalized spacial score (nSPS) is 11.7. The second-order valence-corrected chi connectivity index (χ2v) is 5.91.